The molecular weight excluding hydrogens is 242 g/mol. The SMILES string of the molecule is COc1ccc(OCc2ncc(N)n2C(C)C)cc1. The fourth-order valence-corrected chi connectivity index (χ4v) is 1.94. The molecule has 1 aromatic heterocycles. The molecule has 5 nitrogen and oxygen atoms in total. The first-order chi connectivity index (χ1) is 9.11. The Bertz CT molecular complexity index is 532. The first-order valence-corrected chi connectivity index (χ1v) is 6.20. The van der Waals surface area contributed by atoms with E-state index in [2.05, 4.69) is 18.8 Å². The molecule has 0 atom stereocenters. The Morgan fingerprint density at radius 2 is 1.84 bits per heavy atom. The highest BCUT2D eigenvalue weighted by molar-refractivity contribution is 5.32. The molecule has 1 heterocycles. The molecule has 0 aliphatic carbocycles. The molecule has 2 aromatic rings. The van der Waals surface area contributed by atoms with E-state index in [1.54, 1.807) is 13.3 Å². The molecule has 0 unspecified atom stereocenters. The van der Waals surface area contributed by atoms with Crippen molar-refractivity contribution in [3.8, 4) is 11.5 Å². The molecule has 0 spiro atoms. The van der Waals surface area contributed by atoms with Crippen molar-refractivity contribution in [2.24, 2.45) is 0 Å². The Morgan fingerprint density at radius 3 is 2.42 bits per heavy atom. The van der Waals surface area contributed by atoms with Crippen LogP contribution in [0.25, 0.3) is 0 Å². The Hall–Kier alpha value is -2.17. The lowest BCUT2D eigenvalue weighted by Gasteiger charge is -2.14. The lowest BCUT2D eigenvalue weighted by Crippen LogP contribution is -2.11. The molecule has 102 valence electrons. The normalized spacial score (nSPS) is 10.7. The molecule has 0 saturated carbocycles. The molecule has 0 aliphatic heterocycles. The van der Waals surface area contributed by atoms with Crippen molar-refractivity contribution in [2.75, 3.05) is 12.8 Å². The molecule has 2 N–H and O–H groups in total. The standard InChI is InChI=1S/C14H19N3O2/c1-10(2)17-13(15)8-16-14(17)9-19-12-6-4-11(18-3)5-7-12/h4-8,10H,9,15H2,1-3H3. The fraction of sp³-hybridized carbons (Fsp3) is 0.357. The Kier molecular flexibility index (Phi) is 3.94. The van der Waals surface area contributed by atoms with E-state index in [0.29, 0.717) is 12.4 Å². The van der Waals surface area contributed by atoms with Crippen LogP contribution in [-0.2, 0) is 6.61 Å². The van der Waals surface area contributed by atoms with E-state index < -0.39 is 0 Å². The molecule has 0 bridgehead atoms. The quantitative estimate of drug-likeness (QED) is 0.898. The summed E-state index contributed by atoms with van der Waals surface area (Å²) in [6.07, 6.45) is 1.66. The smallest absolute Gasteiger partial charge is 0.148 e. The van der Waals surface area contributed by atoms with Gasteiger partial charge in [-0.25, -0.2) is 4.98 Å². The van der Waals surface area contributed by atoms with Crippen LogP contribution in [0.2, 0.25) is 0 Å². The lowest BCUT2D eigenvalue weighted by molar-refractivity contribution is 0.286. The number of hydrogen-bond acceptors (Lipinski definition) is 4. The lowest BCUT2D eigenvalue weighted by atomic mass is 10.3. The van der Waals surface area contributed by atoms with E-state index in [0.717, 1.165) is 17.3 Å². The van der Waals surface area contributed by atoms with Crippen LogP contribution in [-0.4, -0.2) is 16.7 Å². The van der Waals surface area contributed by atoms with Gasteiger partial charge < -0.3 is 19.8 Å². The van der Waals surface area contributed by atoms with Crippen molar-refractivity contribution < 1.29 is 9.47 Å². The number of hydrogen-bond donors (Lipinski definition) is 1. The molecule has 0 radical (unpaired) electrons. The van der Waals surface area contributed by atoms with Gasteiger partial charge in [0.05, 0.1) is 13.3 Å². The summed E-state index contributed by atoms with van der Waals surface area (Å²) in [5, 5.41) is 0. The van der Waals surface area contributed by atoms with Crippen molar-refractivity contribution in [3.63, 3.8) is 0 Å². The highest BCUT2D eigenvalue weighted by Gasteiger charge is 2.11. The molecule has 2 rings (SSSR count). The van der Waals surface area contributed by atoms with Gasteiger partial charge in [-0.2, -0.15) is 0 Å². The van der Waals surface area contributed by atoms with Crippen LogP contribution < -0.4 is 15.2 Å². The molecule has 0 aliphatic rings. The molecule has 5 heteroatoms. The largest absolute Gasteiger partial charge is 0.497 e. The van der Waals surface area contributed by atoms with E-state index in [-0.39, 0.29) is 6.04 Å². The van der Waals surface area contributed by atoms with Crippen LogP contribution in [0.1, 0.15) is 25.7 Å². The highest BCUT2D eigenvalue weighted by Crippen LogP contribution is 2.20. The second-order valence-electron chi connectivity index (χ2n) is 4.53. The Labute approximate surface area is 113 Å². The monoisotopic (exact) mass is 261 g/mol. The van der Waals surface area contributed by atoms with Crippen LogP contribution in [0.4, 0.5) is 5.82 Å². The summed E-state index contributed by atoms with van der Waals surface area (Å²) in [6.45, 7) is 4.52. The first kappa shape index (κ1) is 13.3. The van der Waals surface area contributed by atoms with Crippen LogP contribution >= 0.6 is 0 Å². The molecule has 19 heavy (non-hydrogen) atoms. The minimum atomic E-state index is 0.261. The minimum Gasteiger partial charge on any atom is -0.497 e. The molecule has 0 amide bonds. The zero-order valence-corrected chi connectivity index (χ0v) is 11.5. The van der Waals surface area contributed by atoms with E-state index >= 15 is 0 Å². The number of anilines is 1. The molecular formula is C14H19N3O2. The Balaban J connectivity index is 2.05. The summed E-state index contributed by atoms with van der Waals surface area (Å²) in [5.41, 5.74) is 5.88. The van der Waals surface area contributed by atoms with Crippen LogP contribution in [0.5, 0.6) is 11.5 Å². The average Bonchev–Trinajstić information content (AvgIpc) is 2.78. The number of ether oxygens (including phenoxy) is 2. The number of rotatable bonds is 5. The van der Waals surface area contributed by atoms with Gasteiger partial charge in [0.25, 0.3) is 0 Å². The van der Waals surface area contributed by atoms with Gasteiger partial charge in [0.15, 0.2) is 0 Å². The van der Waals surface area contributed by atoms with Gasteiger partial charge >= 0.3 is 0 Å². The van der Waals surface area contributed by atoms with E-state index in [9.17, 15) is 0 Å². The number of benzene rings is 1. The van der Waals surface area contributed by atoms with Crippen LogP contribution in [0.3, 0.4) is 0 Å². The number of nitrogens with two attached hydrogens (primary N) is 1. The average molecular weight is 261 g/mol. The summed E-state index contributed by atoms with van der Waals surface area (Å²) >= 11 is 0. The van der Waals surface area contributed by atoms with Crippen molar-refractivity contribution in [3.05, 3.63) is 36.3 Å². The van der Waals surface area contributed by atoms with Crippen molar-refractivity contribution >= 4 is 5.82 Å². The van der Waals surface area contributed by atoms with Gasteiger partial charge in [-0.05, 0) is 38.1 Å². The summed E-state index contributed by atoms with van der Waals surface area (Å²) in [5.74, 6) is 3.06. The van der Waals surface area contributed by atoms with E-state index in [1.807, 2.05) is 28.8 Å². The molecule has 0 fully saturated rings. The number of aromatic nitrogens is 2. The summed E-state index contributed by atoms with van der Waals surface area (Å²) in [4.78, 5) is 4.27. The third kappa shape index (κ3) is 2.99. The Morgan fingerprint density at radius 1 is 1.21 bits per heavy atom. The van der Waals surface area contributed by atoms with Crippen LogP contribution in [0.15, 0.2) is 30.5 Å². The summed E-state index contributed by atoms with van der Waals surface area (Å²) < 4.78 is 12.8. The first-order valence-electron chi connectivity index (χ1n) is 6.20. The fourth-order valence-electron chi connectivity index (χ4n) is 1.94. The maximum atomic E-state index is 5.88. The maximum Gasteiger partial charge on any atom is 0.148 e. The highest BCUT2D eigenvalue weighted by atomic mass is 16.5. The van der Waals surface area contributed by atoms with Gasteiger partial charge in [0, 0.05) is 6.04 Å². The van der Waals surface area contributed by atoms with Gasteiger partial charge in [0.2, 0.25) is 0 Å². The van der Waals surface area contributed by atoms with Gasteiger partial charge in [-0.15, -0.1) is 0 Å². The second-order valence-corrected chi connectivity index (χ2v) is 4.53. The van der Waals surface area contributed by atoms with Gasteiger partial charge in [0.1, 0.15) is 29.7 Å². The van der Waals surface area contributed by atoms with Crippen LogP contribution in [0, 0.1) is 0 Å². The summed E-state index contributed by atoms with van der Waals surface area (Å²) in [6, 6.07) is 7.71. The minimum absolute atomic E-state index is 0.261. The zero-order valence-electron chi connectivity index (χ0n) is 11.5. The predicted molar refractivity (Wildman–Crippen MR) is 74.4 cm³/mol. The van der Waals surface area contributed by atoms with E-state index in [1.165, 1.54) is 0 Å². The maximum absolute atomic E-state index is 5.88. The number of nitrogens with zero attached hydrogens (tertiary/aromatic N) is 2. The third-order valence-electron chi connectivity index (χ3n) is 2.85. The number of imidazole rings is 1. The molecule has 1 aromatic carbocycles. The van der Waals surface area contributed by atoms with Gasteiger partial charge in [-0.1, -0.05) is 0 Å². The predicted octanol–water partition coefficient (Wildman–Crippen LogP) is 2.63. The van der Waals surface area contributed by atoms with E-state index in [4.69, 9.17) is 15.2 Å². The van der Waals surface area contributed by atoms with Gasteiger partial charge in [-0.3, -0.25) is 0 Å². The molecule has 0 saturated heterocycles. The van der Waals surface area contributed by atoms with Crippen molar-refractivity contribution in [1.29, 1.82) is 0 Å². The topological polar surface area (TPSA) is 62.3 Å². The third-order valence-corrected chi connectivity index (χ3v) is 2.85. The van der Waals surface area contributed by atoms with Crippen molar-refractivity contribution in [2.45, 2.75) is 26.5 Å². The van der Waals surface area contributed by atoms with Crippen molar-refractivity contribution in [1.82, 2.24) is 9.55 Å². The summed E-state index contributed by atoms with van der Waals surface area (Å²) in [7, 11) is 1.64. The second kappa shape index (κ2) is 5.65. The zero-order chi connectivity index (χ0) is 13.8. The number of nitrogen functional groups attached to an aromatic ring is 1. The number of methoxy groups -OCH3 is 1.